The Morgan fingerprint density at radius 1 is 1.39 bits per heavy atom. The van der Waals surface area contributed by atoms with Gasteiger partial charge in [-0.1, -0.05) is 32.1 Å². The minimum atomic E-state index is 0.297. The Kier molecular flexibility index (Phi) is 6.78. The number of ether oxygens (including phenoxy) is 2. The van der Waals surface area contributed by atoms with Crippen LogP contribution >= 0.6 is 12.2 Å². The van der Waals surface area contributed by atoms with Gasteiger partial charge in [0.2, 0.25) is 0 Å². The Morgan fingerprint density at radius 3 is 2.78 bits per heavy atom. The molecule has 1 aromatic rings. The first-order valence-electron chi connectivity index (χ1n) is 6.00. The normalized spacial score (nSPS) is 10.8. The van der Waals surface area contributed by atoms with E-state index in [2.05, 4.69) is 18.8 Å². The summed E-state index contributed by atoms with van der Waals surface area (Å²) in [5, 5.41) is 0. The van der Waals surface area contributed by atoms with E-state index in [1.54, 1.807) is 6.20 Å². The van der Waals surface area contributed by atoms with Crippen molar-refractivity contribution in [3.8, 4) is 0 Å². The number of nitrogens with zero attached hydrogens (tertiary/aromatic N) is 1. The van der Waals surface area contributed by atoms with Gasteiger partial charge in [-0.3, -0.25) is 4.98 Å². The summed E-state index contributed by atoms with van der Waals surface area (Å²) in [6.07, 6.45) is 1.67. The summed E-state index contributed by atoms with van der Waals surface area (Å²) in [6.45, 7) is 6.59. The van der Waals surface area contributed by atoms with E-state index in [0.29, 0.717) is 36.4 Å². The summed E-state index contributed by atoms with van der Waals surface area (Å²) in [6, 6.07) is 3.76. The molecular formula is C13H20N2O2S. The topological polar surface area (TPSA) is 57.4 Å². The Morgan fingerprint density at radius 2 is 2.11 bits per heavy atom. The fraction of sp³-hybridized carbons (Fsp3) is 0.538. The molecule has 0 radical (unpaired) electrons. The van der Waals surface area contributed by atoms with Gasteiger partial charge in [-0.2, -0.15) is 0 Å². The summed E-state index contributed by atoms with van der Waals surface area (Å²) in [4.78, 5) is 4.44. The van der Waals surface area contributed by atoms with Crippen molar-refractivity contribution in [1.82, 2.24) is 4.98 Å². The molecule has 0 aliphatic heterocycles. The average Bonchev–Trinajstić information content (AvgIpc) is 2.33. The van der Waals surface area contributed by atoms with E-state index in [-0.39, 0.29) is 0 Å². The van der Waals surface area contributed by atoms with Gasteiger partial charge in [0.15, 0.2) is 0 Å². The maximum absolute atomic E-state index is 5.59. The molecule has 0 fully saturated rings. The molecule has 5 heteroatoms. The molecule has 0 aromatic carbocycles. The molecule has 18 heavy (non-hydrogen) atoms. The lowest BCUT2D eigenvalue weighted by Crippen LogP contribution is -2.15. The van der Waals surface area contributed by atoms with E-state index in [1.807, 2.05) is 12.1 Å². The maximum atomic E-state index is 5.59. The largest absolute Gasteiger partial charge is 0.388 e. The number of rotatable bonds is 8. The Hall–Kier alpha value is -1.04. The first-order valence-corrected chi connectivity index (χ1v) is 6.41. The number of nitrogens with two attached hydrogens (primary N) is 1. The predicted molar refractivity (Wildman–Crippen MR) is 75.4 cm³/mol. The van der Waals surface area contributed by atoms with Gasteiger partial charge in [0.25, 0.3) is 0 Å². The molecule has 0 aliphatic carbocycles. The van der Waals surface area contributed by atoms with Crippen LogP contribution in [0.4, 0.5) is 0 Å². The lowest BCUT2D eigenvalue weighted by molar-refractivity contribution is 0.0313. The van der Waals surface area contributed by atoms with Crippen molar-refractivity contribution >= 4 is 17.2 Å². The molecule has 1 aromatic heterocycles. The van der Waals surface area contributed by atoms with Gasteiger partial charge in [0, 0.05) is 18.4 Å². The second kappa shape index (κ2) is 8.13. The molecule has 2 N–H and O–H groups in total. The first kappa shape index (κ1) is 15.0. The minimum Gasteiger partial charge on any atom is -0.388 e. The van der Waals surface area contributed by atoms with Gasteiger partial charge in [-0.15, -0.1) is 0 Å². The van der Waals surface area contributed by atoms with Crippen LogP contribution in [-0.2, 0) is 16.1 Å². The quantitative estimate of drug-likeness (QED) is 0.576. The van der Waals surface area contributed by atoms with Crippen LogP contribution in [0.3, 0.4) is 0 Å². The van der Waals surface area contributed by atoms with Crippen LogP contribution in [0, 0.1) is 5.92 Å². The predicted octanol–water partition coefficient (Wildman–Crippen LogP) is 1.91. The van der Waals surface area contributed by atoms with Crippen LogP contribution in [0.15, 0.2) is 18.3 Å². The first-order chi connectivity index (χ1) is 8.61. The number of pyridine rings is 1. The van der Waals surface area contributed by atoms with E-state index >= 15 is 0 Å². The fourth-order valence-electron chi connectivity index (χ4n) is 1.40. The van der Waals surface area contributed by atoms with E-state index < -0.39 is 0 Å². The van der Waals surface area contributed by atoms with Crippen molar-refractivity contribution in [3.63, 3.8) is 0 Å². The average molecular weight is 268 g/mol. The van der Waals surface area contributed by atoms with Gasteiger partial charge < -0.3 is 15.2 Å². The second-order valence-electron chi connectivity index (χ2n) is 4.40. The van der Waals surface area contributed by atoms with Crippen molar-refractivity contribution in [3.05, 3.63) is 29.6 Å². The molecule has 1 rings (SSSR count). The highest BCUT2D eigenvalue weighted by molar-refractivity contribution is 7.80. The van der Waals surface area contributed by atoms with E-state index in [9.17, 15) is 0 Å². The Labute approximate surface area is 113 Å². The molecule has 0 saturated carbocycles. The standard InChI is InChI=1S/C13H20N2O2S/c1-10(2)8-16-6-7-17-9-11-4-3-5-15-12(11)13(14)18/h3-5,10H,6-9H2,1-2H3,(H2,14,18). The third-order valence-corrected chi connectivity index (χ3v) is 2.40. The third kappa shape index (κ3) is 5.53. The monoisotopic (exact) mass is 268 g/mol. The van der Waals surface area contributed by atoms with Crippen LogP contribution in [0.5, 0.6) is 0 Å². The Balaban J connectivity index is 2.29. The Bertz CT molecular complexity index is 383. The number of hydrogen-bond acceptors (Lipinski definition) is 4. The smallest absolute Gasteiger partial charge is 0.123 e. The SMILES string of the molecule is CC(C)COCCOCc1cccnc1C(N)=S. The molecular weight excluding hydrogens is 248 g/mol. The third-order valence-electron chi connectivity index (χ3n) is 2.21. The molecule has 4 nitrogen and oxygen atoms in total. The summed E-state index contributed by atoms with van der Waals surface area (Å²) in [7, 11) is 0. The lowest BCUT2D eigenvalue weighted by atomic mass is 10.2. The van der Waals surface area contributed by atoms with Crippen LogP contribution in [-0.4, -0.2) is 29.8 Å². The highest BCUT2D eigenvalue weighted by atomic mass is 32.1. The molecule has 0 spiro atoms. The van der Waals surface area contributed by atoms with Gasteiger partial charge >= 0.3 is 0 Å². The summed E-state index contributed by atoms with van der Waals surface area (Å²) in [5.74, 6) is 0.546. The zero-order chi connectivity index (χ0) is 13.4. The molecule has 0 unspecified atom stereocenters. The van der Waals surface area contributed by atoms with Crippen molar-refractivity contribution < 1.29 is 9.47 Å². The van der Waals surface area contributed by atoms with E-state index in [1.165, 1.54) is 0 Å². The van der Waals surface area contributed by atoms with E-state index in [4.69, 9.17) is 27.4 Å². The van der Waals surface area contributed by atoms with Crippen molar-refractivity contribution in [2.75, 3.05) is 19.8 Å². The molecule has 0 atom stereocenters. The minimum absolute atomic E-state index is 0.297. The zero-order valence-corrected chi connectivity index (χ0v) is 11.7. The lowest BCUT2D eigenvalue weighted by Gasteiger charge is -2.09. The molecule has 0 bridgehead atoms. The molecule has 0 amide bonds. The van der Waals surface area contributed by atoms with Crippen LogP contribution in [0.2, 0.25) is 0 Å². The molecule has 100 valence electrons. The summed E-state index contributed by atoms with van der Waals surface area (Å²) >= 11 is 4.93. The summed E-state index contributed by atoms with van der Waals surface area (Å²) < 4.78 is 10.9. The summed E-state index contributed by atoms with van der Waals surface area (Å²) in [5.41, 5.74) is 7.13. The number of hydrogen-bond donors (Lipinski definition) is 1. The number of aromatic nitrogens is 1. The fourth-order valence-corrected chi connectivity index (χ4v) is 1.58. The highest BCUT2D eigenvalue weighted by Crippen LogP contribution is 2.06. The van der Waals surface area contributed by atoms with E-state index in [0.717, 1.165) is 12.2 Å². The highest BCUT2D eigenvalue weighted by Gasteiger charge is 2.05. The van der Waals surface area contributed by atoms with Gasteiger partial charge in [-0.25, -0.2) is 0 Å². The van der Waals surface area contributed by atoms with Gasteiger partial charge in [0.05, 0.1) is 19.8 Å². The molecule has 1 heterocycles. The second-order valence-corrected chi connectivity index (χ2v) is 4.84. The van der Waals surface area contributed by atoms with Crippen LogP contribution in [0.25, 0.3) is 0 Å². The number of thiocarbonyl (C=S) groups is 1. The molecule has 0 saturated heterocycles. The van der Waals surface area contributed by atoms with Crippen LogP contribution in [0.1, 0.15) is 25.1 Å². The maximum Gasteiger partial charge on any atom is 0.123 e. The van der Waals surface area contributed by atoms with Gasteiger partial charge in [0.1, 0.15) is 10.7 Å². The van der Waals surface area contributed by atoms with Crippen LogP contribution < -0.4 is 5.73 Å². The van der Waals surface area contributed by atoms with Crippen molar-refractivity contribution in [1.29, 1.82) is 0 Å². The molecule has 0 aliphatic rings. The van der Waals surface area contributed by atoms with Crippen molar-refractivity contribution in [2.45, 2.75) is 20.5 Å². The van der Waals surface area contributed by atoms with Crippen molar-refractivity contribution in [2.24, 2.45) is 11.7 Å². The zero-order valence-electron chi connectivity index (χ0n) is 10.9. The van der Waals surface area contributed by atoms with Gasteiger partial charge in [-0.05, 0) is 12.0 Å².